The molecule has 0 bridgehead atoms. The summed E-state index contributed by atoms with van der Waals surface area (Å²) >= 11 is 0. The van der Waals surface area contributed by atoms with Gasteiger partial charge < -0.3 is 9.73 Å². The third-order valence-corrected chi connectivity index (χ3v) is 2.04. The van der Waals surface area contributed by atoms with Crippen LogP contribution in [0.1, 0.15) is 5.56 Å². The number of hydrogen-bond acceptors (Lipinski definition) is 4. The molecule has 0 aliphatic rings. The number of nitrogens with zero attached hydrogens (tertiary/aromatic N) is 1. The Morgan fingerprint density at radius 3 is 3.12 bits per heavy atom. The first kappa shape index (κ1) is 9.98. The number of H-pyrrole nitrogens is 1. The van der Waals surface area contributed by atoms with E-state index in [2.05, 4.69) is 10.3 Å². The van der Waals surface area contributed by atoms with Gasteiger partial charge in [0.05, 0.1) is 5.52 Å². The third kappa shape index (κ3) is 1.93. The van der Waals surface area contributed by atoms with Crippen LogP contribution in [0.4, 0.5) is 0 Å². The van der Waals surface area contributed by atoms with Gasteiger partial charge in [-0.15, -0.1) is 0 Å². The van der Waals surface area contributed by atoms with Crippen molar-refractivity contribution in [2.24, 2.45) is 0 Å². The molecule has 0 saturated heterocycles. The predicted molar refractivity (Wildman–Crippen MR) is 54.3 cm³/mol. The van der Waals surface area contributed by atoms with Crippen molar-refractivity contribution in [1.82, 2.24) is 10.3 Å². The minimum absolute atomic E-state index is 0.219. The molecular weight excluding hydrogens is 210 g/mol. The topological polar surface area (TPSA) is 98.9 Å². The predicted octanol–water partition coefficient (Wildman–Crippen LogP) is 0.261. The Labute approximate surface area is 89.5 Å². The molecule has 0 saturated carbocycles. The lowest BCUT2D eigenvalue weighted by Gasteiger charge is -1.99. The highest BCUT2D eigenvalue weighted by Gasteiger charge is 2.03. The van der Waals surface area contributed by atoms with Crippen molar-refractivity contribution in [3.05, 3.63) is 34.3 Å². The number of carbonyl (C=O) groups is 1. The molecule has 1 amide bonds. The molecule has 0 radical (unpaired) electrons. The molecule has 6 heteroatoms. The van der Waals surface area contributed by atoms with Crippen LogP contribution in [0.15, 0.2) is 27.4 Å². The number of nitrogens with one attached hydrogen (secondary N) is 2. The van der Waals surface area contributed by atoms with Crippen molar-refractivity contribution in [3.8, 4) is 6.07 Å². The second-order valence-corrected chi connectivity index (χ2v) is 3.14. The van der Waals surface area contributed by atoms with Gasteiger partial charge in [-0.25, -0.2) is 4.79 Å². The molecule has 80 valence electrons. The van der Waals surface area contributed by atoms with Crippen LogP contribution < -0.4 is 11.1 Å². The summed E-state index contributed by atoms with van der Waals surface area (Å²) in [5.74, 6) is -1.22. The SMILES string of the molecule is N#CC(=O)NCc1ccc2[nH]c(=O)oc2c1. The van der Waals surface area contributed by atoms with Crippen molar-refractivity contribution in [2.45, 2.75) is 6.54 Å². The van der Waals surface area contributed by atoms with Gasteiger partial charge in [0.2, 0.25) is 0 Å². The summed E-state index contributed by atoms with van der Waals surface area (Å²) in [4.78, 5) is 24.1. The maximum Gasteiger partial charge on any atom is 0.417 e. The maximum absolute atomic E-state index is 10.9. The molecule has 0 fully saturated rings. The standard InChI is InChI=1S/C10H7N3O3/c11-4-9(14)12-5-6-1-2-7-8(3-6)16-10(15)13-7/h1-3H,5H2,(H,12,14)(H,13,15). The van der Waals surface area contributed by atoms with Gasteiger partial charge in [0.1, 0.15) is 0 Å². The highest BCUT2D eigenvalue weighted by atomic mass is 16.4. The first-order valence-corrected chi connectivity index (χ1v) is 4.49. The molecule has 0 unspecified atom stereocenters. The van der Waals surface area contributed by atoms with E-state index in [1.165, 1.54) is 6.07 Å². The Morgan fingerprint density at radius 1 is 1.56 bits per heavy atom. The normalized spacial score (nSPS) is 9.94. The molecule has 1 heterocycles. The smallest absolute Gasteiger partial charge is 0.408 e. The average Bonchev–Trinajstić information content (AvgIpc) is 2.65. The summed E-state index contributed by atoms with van der Waals surface area (Å²) in [6.45, 7) is 0.219. The fourth-order valence-corrected chi connectivity index (χ4v) is 1.32. The molecule has 2 N–H and O–H groups in total. The number of carbonyl (C=O) groups excluding carboxylic acids is 1. The van der Waals surface area contributed by atoms with Gasteiger partial charge >= 0.3 is 11.7 Å². The van der Waals surface area contributed by atoms with E-state index in [-0.39, 0.29) is 6.54 Å². The zero-order valence-electron chi connectivity index (χ0n) is 8.11. The minimum Gasteiger partial charge on any atom is -0.408 e. The maximum atomic E-state index is 10.9. The lowest BCUT2D eigenvalue weighted by atomic mass is 10.2. The number of fused-ring (bicyclic) bond motifs is 1. The summed E-state index contributed by atoms with van der Waals surface area (Å²) in [5.41, 5.74) is 1.77. The lowest BCUT2D eigenvalue weighted by molar-refractivity contribution is -0.116. The monoisotopic (exact) mass is 217 g/mol. The van der Waals surface area contributed by atoms with Crippen LogP contribution in [0.5, 0.6) is 0 Å². The van der Waals surface area contributed by atoms with E-state index >= 15 is 0 Å². The Hall–Kier alpha value is -2.55. The molecule has 0 atom stereocenters. The zero-order valence-corrected chi connectivity index (χ0v) is 8.11. The van der Waals surface area contributed by atoms with E-state index in [1.54, 1.807) is 18.2 Å². The molecule has 6 nitrogen and oxygen atoms in total. The van der Waals surface area contributed by atoms with Crippen LogP contribution in [-0.2, 0) is 11.3 Å². The Kier molecular flexibility index (Phi) is 2.44. The Balaban J connectivity index is 2.23. The largest absolute Gasteiger partial charge is 0.417 e. The van der Waals surface area contributed by atoms with Crippen LogP contribution in [0.3, 0.4) is 0 Å². The summed E-state index contributed by atoms with van der Waals surface area (Å²) in [6.07, 6.45) is 0. The quantitative estimate of drug-likeness (QED) is 0.705. The number of aromatic amines is 1. The van der Waals surface area contributed by atoms with Crippen LogP contribution in [0.2, 0.25) is 0 Å². The molecule has 16 heavy (non-hydrogen) atoms. The zero-order chi connectivity index (χ0) is 11.5. The van der Waals surface area contributed by atoms with E-state index in [4.69, 9.17) is 9.68 Å². The van der Waals surface area contributed by atoms with Gasteiger partial charge in [-0.2, -0.15) is 5.26 Å². The number of benzene rings is 1. The summed E-state index contributed by atoms with van der Waals surface area (Å²) < 4.78 is 4.85. The van der Waals surface area contributed by atoms with Gasteiger partial charge in [0.15, 0.2) is 11.7 Å². The fourth-order valence-electron chi connectivity index (χ4n) is 1.32. The summed E-state index contributed by atoms with van der Waals surface area (Å²) in [6, 6.07) is 6.48. The second-order valence-electron chi connectivity index (χ2n) is 3.14. The van der Waals surface area contributed by atoms with Crippen LogP contribution in [0.25, 0.3) is 11.1 Å². The Morgan fingerprint density at radius 2 is 2.38 bits per heavy atom. The molecule has 0 aliphatic heterocycles. The molecule has 0 aliphatic carbocycles. The van der Waals surface area contributed by atoms with E-state index in [9.17, 15) is 9.59 Å². The number of hydrogen-bond donors (Lipinski definition) is 2. The summed E-state index contributed by atoms with van der Waals surface area (Å²) in [7, 11) is 0. The first-order valence-electron chi connectivity index (χ1n) is 4.49. The number of rotatable bonds is 2. The van der Waals surface area contributed by atoms with Crippen molar-refractivity contribution in [2.75, 3.05) is 0 Å². The van der Waals surface area contributed by atoms with Crippen LogP contribution in [-0.4, -0.2) is 10.9 Å². The highest BCUT2D eigenvalue weighted by molar-refractivity contribution is 5.91. The third-order valence-electron chi connectivity index (χ3n) is 2.04. The number of oxazole rings is 1. The molecule has 1 aromatic carbocycles. The minimum atomic E-state index is -0.699. The van der Waals surface area contributed by atoms with Crippen molar-refractivity contribution < 1.29 is 9.21 Å². The van der Waals surface area contributed by atoms with Gasteiger partial charge in [-0.3, -0.25) is 9.78 Å². The molecular formula is C10H7N3O3. The second kappa shape index (κ2) is 3.90. The van der Waals surface area contributed by atoms with E-state index in [0.29, 0.717) is 11.1 Å². The summed E-state index contributed by atoms with van der Waals surface area (Å²) in [5, 5.41) is 10.7. The van der Waals surface area contributed by atoms with E-state index in [0.717, 1.165) is 5.56 Å². The van der Waals surface area contributed by atoms with Crippen LogP contribution >= 0.6 is 0 Å². The van der Waals surface area contributed by atoms with Crippen molar-refractivity contribution in [3.63, 3.8) is 0 Å². The molecule has 2 aromatic rings. The Bertz CT molecular complexity index is 633. The number of aromatic nitrogens is 1. The number of amides is 1. The van der Waals surface area contributed by atoms with Gasteiger partial charge in [-0.05, 0) is 17.7 Å². The molecule has 0 spiro atoms. The first-order chi connectivity index (χ1) is 7.69. The van der Waals surface area contributed by atoms with Crippen molar-refractivity contribution >= 4 is 17.0 Å². The van der Waals surface area contributed by atoms with E-state index < -0.39 is 11.7 Å². The molecule has 2 rings (SSSR count). The van der Waals surface area contributed by atoms with Gasteiger partial charge in [0, 0.05) is 6.54 Å². The lowest BCUT2D eigenvalue weighted by Crippen LogP contribution is -2.20. The van der Waals surface area contributed by atoms with Gasteiger partial charge in [0.25, 0.3) is 0 Å². The average molecular weight is 217 g/mol. The van der Waals surface area contributed by atoms with Gasteiger partial charge in [-0.1, -0.05) is 6.07 Å². The van der Waals surface area contributed by atoms with Crippen LogP contribution in [0, 0.1) is 11.3 Å². The number of nitriles is 1. The fraction of sp³-hybridized carbons (Fsp3) is 0.100. The highest BCUT2D eigenvalue weighted by Crippen LogP contribution is 2.11. The van der Waals surface area contributed by atoms with E-state index in [1.807, 2.05) is 0 Å². The van der Waals surface area contributed by atoms with Crippen molar-refractivity contribution in [1.29, 1.82) is 5.26 Å². The molecule has 1 aromatic heterocycles.